The predicted molar refractivity (Wildman–Crippen MR) is 159 cm³/mol. The molecule has 4 nitrogen and oxygen atoms in total. The van der Waals surface area contributed by atoms with E-state index in [-0.39, 0.29) is 23.3 Å². The van der Waals surface area contributed by atoms with Crippen LogP contribution in [-0.2, 0) is 15.6 Å². The maximum Gasteiger partial charge on any atom is 0.410 e. The highest BCUT2D eigenvalue weighted by atomic mass is 28.4. The molecule has 5 heteroatoms. The molecule has 0 N–H and O–H groups in total. The highest BCUT2D eigenvalue weighted by Gasteiger charge is 2.52. The molecule has 0 fully saturated rings. The Hall–Kier alpha value is -3.15. The van der Waals surface area contributed by atoms with E-state index in [2.05, 4.69) is 106 Å². The van der Waals surface area contributed by atoms with Crippen LogP contribution >= 0.6 is 0 Å². The molecule has 0 aliphatic carbocycles. The number of carbonyl (C=O) groups excluding carboxylic acids is 1. The molecule has 1 heterocycles. The Labute approximate surface area is 229 Å². The van der Waals surface area contributed by atoms with Gasteiger partial charge < -0.3 is 9.16 Å². The molecule has 0 saturated heterocycles. The van der Waals surface area contributed by atoms with Crippen molar-refractivity contribution in [2.45, 2.75) is 70.7 Å². The third-order valence-electron chi connectivity index (χ3n) is 6.99. The minimum Gasteiger partial charge on any atom is -0.444 e. The van der Waals surface area contributed by atoms with Crippen LogP contribution in [0.5, 0.6) is 0 Å². The number of amides is 1. The van der Waals surface area contributed by atoms with Crippen LogP contribution in [0, 0.1) is 0 Å². The van der Waals surface area contributed by atoms with Gasteiger partial charge in [0.05, 0.1) is 18.7 Å². The van der Waals surface area contributed by atoms with E-state index in [9.17, 15) is 4.79 Å². The second kappa shape index (κ2) is 11.3. The number of benzene rings is 3. The maximum absolute atomic E-state index is 13.5. The number of hydrogen-bond acceptors (Lipinski definition) is 3. The summed E-state index contributed by atoms with van der Waals surface area (Å²) >= 11 is 0. The highest BCUT2D eigenvalue weighted by molar-refractivity contribution is 6.99. The second-order valence-electron chi connectivity index (χ2n) is 12.1. The van der Waals surface area contributed by atoms with Gasteiger partial charge in [-0.15, -0.1) is 0 Å². The van der Waals surface area contributed by atoms with Gasteiger partial charge in [-0.3, -0.25) is 4.90 Å². The molecular formula is C33H41NO3Si. The van der Waals surface area contributed by atoms with Gasteiger partial charge in [0.25, 0.3) is 8.32 Å². The van der Waals surface area contributed by atoms with Gasteiger partial charge in [-0.1, -0.05) is 124 Å². The first-order chi connectivity index (χ1) is 18.0. The third kappa shape index (κ3) is 6.28. The normalized spacial score (nSPS) is 18.3. The van der Waals surface area contributed by atoms with E-state index >= 15 is 0 Å². The molecule has 0 unspecified atom stereocenters. The van der Waals surface area contributed by atoms with Gasteiger partial charge >= 0.3 is 6.09 Å². The first kappa shape index (κ1) is 27.9. The van der Waals surface area contributed by atoms with Crippen molar-refractivity contribution in [3.8, 4) is 0 Å². The molecule has 0 aromatic heterocycles. The summed E-state index contributed by atoms with van der Waals surface area (Å²) in [7, 11) is -2.77. The molecule has 0 saturated carbocycles. The number of carbonyl (C=O) groups is 1. The number of ether oxygens (including phenoxy) is 1. The average Bonchev–Trinajstić information content (AvgIpc) is 2.88. The van der Waals surface area contributed by atoms with Crippen molar-refractivity contribution in [1.29, 1.82) is 0 Å². The highest BCUT2D eigenvalue weighted by Crippen LogP contribution is 2.38. The molecule has 0 radical (unpaired) electrons. The van der Waals surface area contributed by atoms with Crippen LogP contribution in [0.2, 0.25) is 5.04 Å². The molecule has 1 aliphatic heterocycles. The summed E-state index contributed by atoms with van der Waals surface area (Å²) < 4.78 is 13.2. The lowest BCUT2D eigenvalue weighted by Crippen LogP contribution is -2.68. The molecule has 3 aromatic rings. The first-order valence-electron chi connectivity index (χ1n) is 13.5. The predicted octanol–water partition coefficient (Wildman–Crippen LogP) is 6.35. The summed E-state index contributed by atoms with van der Waals surface area (Å²) in [6, 6.07) is 31.4. The lowest BCUT2D eigenvalue weighted by molar-refractivity contribution is 0.0109. The number of hydrogen-bond donors (Lipinski definition) is 0. The lowest BCUT2D eigenvalue weighted by Gasteiger charge is -2.46. The largest absolute Gasteiger partial charge is 0.444 e. The van der Waals surface area contributed by atoms with E-state index in [1.54, 1.807) is 0 Å². The summed E-state index contributed by atoms with van der Waals surface area (Å²) in [5.41, 5.74) is 0.603. The first-order valence-corrected chi connectivity index (χ1v) is 15.4. The standard InChI is InChI=1S/C33H41NO3Si/c1-32(2,3)36-31(35)34-25-28(23-22-27(34)24-26-16-10-7-11-17-26)37-38(33(4,5)6,29-18-12-8-13-19-29)30-20-14-9-15-21-30/h7-23,27-28H,24-25H2,1-6H3/t27-,28+/m1/s1. The van der Waals surface area contributed by atoms with E-state index in [0.717, 1.165) is 6.42 Å². The smallest absolute Gasteiger partial charge is 0.410 e. The van der Waals surface area contributed by atoms with E-state index < -0.39 is 13.9 Å². The quantitative estimate of drug-likeness (QED) is 0.277. The number of rotatable bonds is 6. The Morgan fingerprint density at radius 2 is 1.29 bits per heavy atom. The molecular weight excluding hydrogens is 486 g/mol. The van der Waals surface area contributed by atoms with Crippen molar-refractivity contribution >= 4 is 24.8 Å². The van der Waals surface area contributed by atoms with Gasteiger partial charge in [0, 0.05) is 0 Å². The Balaban J connectivity index is 1.74. The fourth-order valence-electron chi connectivity index (χ4n) is 5.31. The molecule has 0 bridgehead atoms. The zero-order valence-corrected chi connectivity index (χ0v) is 24.6. The van der Waals surface area contributed by atoms with Crippen LogP contribution in [0.3, 0.4) is 0 Å². The summed E-state index contributed by atoms with van der Waals surface area (Å²) in [5.74, 6) is 0. The molecule has 38 heavy (non-hydrogen) atoms. The van der Waals surface area contributed by atoms with Crippen molar-refractivity contribution in [3.05, 3.63) is 109 Å². The Morgan fingerprint density at radius 1 is 0.789 bits per heavy atom. The van der Waals surface area contributed by atoms with Gasteiger partial charge in [-0.05, 0) is 48.2 Å². The average molecular weight is 528 g/mol. The van der Waals surface area contributed by atoms with Crippen LogP contribution in [0.4, 0.5) is 4.79 Å². The zero-order chi connectivity index (χ0) is 27.4. The molecule has 0 spiro atoms. The van der Waals surface area contributed by atoms with Crippen LogP contribution in [0.25, 0.3) is 0 Å². The Bertz CT molecular complexity index is 1170. The van der Waals surface area contributed by atoms with E-state index in [0.29, 0.717) is 6.54 Å². The second-order valence-corrected chi connectivity index (χ2v) is 16.3. The Kier molecular flexibility index (Phi) is 8.29. The maximum atomic E-state index is 13.5. The summed E-state index contributed by atoms with van der Waals surface area (Å²) in [6.07, 6.45) is 4.44. The summed E-state index contributed by atoms with van der Waals surface area (Å²) in [5, 5.41) is 2.30. The molecule has 1 aliphatic rings. The van der Waals surface area contributed by atoms with Crippen molar-refractivity contribution in [1.82, 2.24) is 4.90 Å². The van der Waals surface area contributed by atoms with Crippen molar-refractivity contribution < 1.29 is 14.0 Å². The van der Waals surface area contributed by atoms with Crippen LogP contribution in [-0.4, -0.2) is 43.6 Å². The fourth-order valence-corrected chi connectivity index (χ4v) is 9.93. The van der Waals surface area contributed by atoms with Crippen LogP contribution in [0.1, 0.15) is 47.1 Å². The third-order valence-corrected chi connectivity index (χ3v) is 12.0. The molecule has 3 aromatic carbocycles. The minimum absolute atomic E-state index is 0.105. The molecule has 200 valence electrons. The fraction of sp³-hybridized carbons (Fsp3) is 0.364. The van der Waals surface area contributed by atoms with E-state index in [1.807, 2.05) is 43.9 Å². The molecule has 1 amide bonds. The molecule has 2 atom stereocenters. The van der Waals surface area contributed by atoms with Crippen molar-refractivity contribution in [3.63, 3.8) is 0 Å². The van der Waals surface area contributed by atoms with Crippen molar-refractivity contribution in [2.24, 2.45) is 0 Å². The van der Waals surface area contributed by atoms with Gasteiger partial charge in [0.2, 0.25) is 0 Å². The summed E-state index contributed by atoms with van der Waals surface area (Å²) in [4.78, 5) is 15.3. The zero-order valence-electron chi connectivity index (χ0n) is 23.6. The Morgan fingerprint density at radius 3 is 1.76 bits per heavy atom. The lowest BCUT2D eigenvalue weighted by atomic mass is 10.0. The molecule has 4 rings (SSSR count). The van der Waals surface area contributed by atoms with Gasteiger partial charge in [-0.2, -0.15) is 0 Å². The van der Waals surface area contributed by atoms with Crippen LogP contribution < -0.4 is 10.4 Å². The summed E-state index contributed by atoms with van der Waals surface area (Å²) in [6.45, 7) is 13.0. The van der Waals surface area contributed by atoms with Gasteiger partial charge in [-0.25, -0.2) is 4.79 Å². The SMILES string of the molecule is CC(C)(C)OC(=O)N1C[C@@H](O[Si](c2ccccc2)(c2ccccc2)C(C)(C)C)C=C[C@@H]1Cc1ccccc1. The van der Waals surface area contributed by atoms with Gasteiger partial charge in [0.1, 0.15) is 5.60 Å². The topological polar surface area (TPSA) is 38.8 Å². The van der Waals surface area contributed by atoms with E-state index in [4.69, 9.17) is 9.16 Å². The van der Waals surface area contributed by atoms with Crippen LogP contribution in [0.15, 0.2) is 103 Å². The van der Waals surface area contributed by atoms with Gasteiger partial charge in [0.15, 0.2) is 0 Å². The van der Waals surface area contributed by atoms with E-state index in [1.165, 1.54) is 15.9 Å². The number of nitrogens with zero attached hydrogens (tertiary/aromatic N) is 1. The van der Waals surface area contributed by atoms with Crippen molar-refractivity contribution in [2.75, 3.05) is 6.54 Å². The monoisotopic (exact) mass is 527 g/mol. The minimum atomic E-state index is -2.77.